The first-order valence-corrected chi connectivity index (χ1v) is 4.19. The van der Waals surface area contributed by atoms with Crippen molar-refractivity contribution in [3.05, 3.63) is 0 Å². The number of rotatable bonds is 1. The van der Waals surface area contributed by atoms with Gasteiger partial charge in [0, 0.05) is 0 Å². The molecule has 0 aromatic carbocycles. The van der Waals surface area contributed by atoms with Crippen LogP contribution in [0.4, 0.5) is 0 Å². The molecule has 4 nitrogen and oxygen atoms in total. The first-order valence-electron chi connectivity index (χ1n) is 4.19. The van der Waals surface area contributed by atoms with Crippen LogP contribution >= 0.6 is 0 Å². The van der Waals surface area contributed by atoms with Crippen LogP contribution in [0, 0.1) is 0 Å². The van der Waals surface area contributed by atoms with Gasteiger partial charge in [-0.15, -0.1) is 0 Å². The van der Waals surface area contributed by atoms with Crippen molar-refractivity contribution in [1.29, 1.82) is 0 Å². The Labute approximate surface area is 71.8 Å². The molecule has 1 fully saturated rings. The van der Waals surface area contributed by atoms with Gasteiger partial charge >= 0.3 is 0 Å². The van der Waals surface area contributed by atoms with Gasteiger partial charge in [0.1, 0.15) is 18.3 Å². The van der Waals surface area contributed by atoms with Crippen molar-refractivity contribution in [2.45, 2.75) is 44.2 Å². The standard InChI is InChI=1S/C8H16O4/c1-3-8(2)7(11)6(10)5(9)4-12-8/h5-7,9-11H,3-4H2,1-2H3/t5-,6-,7?,8?/m1/s1. The highest BCUT2D eigenvalue weighted by atomic mass is 16.5. The minimum Gasteiger partial charge on any atom is -0.388 e. The molecule has 1 saturated heterocycles. The number of hydrogen-bond acceptors (Lipinski definition) is 4. The Hall–Kier alpha value is -0.160. The lowest BCUT2D eigenvalue weighted by atomic mass is 9.87. The molecule has 0 saturated carbocycles. The van der Waals surface area contributed by atoms with E-state index in [0.29, 0.717) is 6.42 Å². The molecule has 4 heteroatoms. The van der Waals surface area contributed by atoms with Crippen molar-refractivity contribution in [3.8, 4) is 0 Å². The van der Waals surface area contributed by atoms with Crippen LogP contribution in [0.3, 0.4) is 0 Å². The maximum absolute atomic E-state index is 9.53. The zero-order valence-corrected chi connectivity index (χ0v) is 7.40. The molecular formula is C8H16O4. The minimum absolute atomic E-state index is 0.0859. The zero-order chi connectivity index (χ0) is 9.35. The third-order valence-corrected chi connectivity index (χ3v) is 2.63. The summed E-state index contributed by atoms with van der Waals surface area (Å²) in [6.07, 6.45) is -2.47. The lowest BCUT2D eigenvalue weighted by Crippen LogP contribution is -2.59. The second-order valence-electron chi connectivity index (χ2n) is 3.48. The van der Waals surface area contributed by atoms with E-state index in [9.17, 15) is 10.2 Å². The van der Waals surface area contributed by atoms with E-state index in [0.717, 1.165) is 0 Å². The summed E-state index contributed by atoms with van der Waals surface area (Å²) < 4.78 is 5.25. The number of ether oxygens (including phenoxy) is 1. The fourth-order valence-electron chi connectivity index (χ4n) is 1.34. The highest BCUT2D eigenvalue weighted by Crippen LogP contribution is 2.28. The van der Waals surface area contributed by atoms with Gasteiger partial charge in [0.2, 0.25) is 0 Å². The van der Waals surface area contributed by atoms with Crippen molar-refractivity contribution in [2.24, 2.45) is 0 Å². The van der Waals surface area contributed by atoms with E-state index in [2.05, 4.69) is 0 Å². The van der Waals surface area contributed by atoms with Gasteiger partial charge in [0.05, 0.1) is 12.2 Å². The summed E-state index contributed by atoms with van der Waals surface area (Å²) in [5, 5.41) is 28.0. The molecule has 0 aromatic heterocycles. The van der Waals surface area contributed by atoms with E-state index >= 15 is 0 Å². The average Bonchev–Trinajstić information content (AvgIpc) is 2.09. The van der Waals surface area contributed by atoms with Gasteiger partial charge in [-0.25, -0.2) is 0 Å². The van der Waals surface area contributed by atoms with Gasteiger partial charge in [-0.1, -0.05) is 6.92 Å². The van der Waals surface area contributed by atoms with Crippen LogP contribution in [-0.4, -0.2) is 45.8 Å². The minimum atomic E-state index is -1.09. The number of aliphatic hydroxyl groups is 3. The molecule has 0 amide bonds. The second kappa shape index (κ2) is 3.30. The van der Waals surface area contributed by atoms with Crippen LogP contribution in [0.5, 0.6) is 0 Å². The van der Waals surface area contributed by atoms with E-state index in [-0.39, 0.29) is 6.61 Å². The molecule has 12 heavy (non-hydrogen) atoms. The summed E-state index contributed by atoms with van der Waals surface area (Å²) in [4.78, 5) is 0. The van der Waals surface area contributed by atoms with Crippen LogP contribution in [0.25, 0.3) is 0 Å². The monoisotopic (exact) mass is 176 g/mol. The smallest absolute Gasteiger partial charge is 0.111 e. The molecule has 4 atom stereocenters. The van der Waals surface area contributed by atoms with E-state index < -0.39 is 23.9 Å². The van der Waals surface area contributed by atoms with Crippen molar-refractivity contribution in [1.82, 2.24) is 0 Å². The largest absolute Gasteiger partial charge is 0.388 e. The maximum Gasteiger partial charge on any atom is 0.111 e. The first kappa shape index (κ1) is 9.92. The fraction of sp³-hybridized carbons (Fsp3) is 1.00. The highest BCUT2D eigenvalue weighted by molar-refractivity contribution is 4.94. The third kappa shape index (κ3) is 1.47. The second-order valence-corrected chi connectivity index (χ2v) is 3.48. The maximum atomic E-state index is 9.53. The summed E-state index contributed by atoms with van der Waals surface area (Å²) in [6, 6.07) is 0. The van der Waals surface area contributed by atoms with Crippen molar-refractivity contribution in [3.63, 3.8) is 0 Å². The molecule has 1 aliphatic rings. The summed E-state index contributed by atoms with van der Waals surface area (Å²) >= 11 is 0. The SMILES string of the molecule is CCC1(C)OC[C@@H](O)[C@@H](O)C1O. The molecule has 1 heterocycles. The van der Waals surface area contributed by atoms with Crippen LogP contribution < -0.4 is 0 Å². The zero-order valence-electron chi connectivity index (χ0n) is 7.40. The normalized spacial score (nSPS) is 49.2. The molecular weight excluding hydrogens is 160 g/mol. The van der Waals surface area contributed by atoms with Gasteiger partial charge < -0.3 is 20.1 Å². The molecule has 0 aromatic rings. The van der Waals surface area contributed by atoms with E-state index in [1.165, 1.54) is 0 Å². The Bertz CT molecular complexity index is 161. The van der Waals surface area contributed by atoms with Gasteiger partial charge in [0.15, 0.2) is 0 Å². The Kier molecular flexibility index (Phi) is 2.73. The summed E-state index contributed by atoms with van der Waals surface area (Å²) in [5.41, 5.74) is -0.724. The average molecular weight is 176 g/mol. The molecule has 0 bridgehead atoms. The van der Waals surface area contributed by atoms with E-state index in [1.807, 2.05) is 6.92 Å². The predicted molar refractivity (Wildman–Crippen MR) is 42.7 cm³/mol. The van der Waals surface area contributed by atoms with Crippen LogP contribution in [0.1, 0.15) is 20.3 Å². The van der Waals surface area contributed by atoms with Crippen molar-refractivity contribution < 1.29 is 20.1 Å². The summed E-state index contributed by atoms with van der Waals surface area (Å²) in [6.45, 7) is 3.68. The fourth-order valence-corrected chi connectivity index (χ4v) is 1.34. The lowest BCUT2D eigenvalue weighted by Gasteiger charge is -2.42. The van der Waals surface area contributed by atoms with Gasteiger partial charge in [-0.05, 0) is 13.3 Å². The van der Waals surface area contributed by atoms with Gasteiger partial charge in [-0.3, -0.25) is 0 Å². The Balaban J connectivity index is 2.71. The molecule has 0 spiro atoms. The first-order chi connectivity index (χ1) is 5.51. The van der Waals surface area contributed by atoms with E-state index in [4.69, 9.17) is 9.84 Å². The van der Waals surface area contributed by atoms with Gasteiger partial charge in [0.25, 0.3) is 0 Å². The predicted octanol–water partition coefficient (Wildman–Crippen LogP) is -0.732. The van der Waals surface area contributed by atoms with Crippen LogP contribution in [0.2, 0.25) is 0 Å². The molecule has 72 valence electrons. The molecule has 1 rings (SSSR count). The summed E-state index contributed by atoms with van der Waals surface area (Å²) in [7, 11) is 0. The van der Waals surface area contributed by atoms with Crippen molar-refractivity contribution in [2.75, 3.05) is 6.61 Å². The Morgan fingerprint density at radius 3 is 2.50 bits per heavy atom. The molecule has 2 unspecified atom stereocenters. The quantitative estimate of drug-likeness (QED) is 0.492. The Morgan fingerprint density at radius 1 is 1.42 bits per heavy atom. The molecule has 3 N–H and O–H groups in total. The highest BCUT2D eigenvalue weighted by Gasteiger charge is 2.44. The lowest BCUT2D eigenvalue weighted by molar-refractivity contribution is -0.230. The molecule has 0 radical (unpaired) electrons. The Morgan fingerprint density at radius 2 is 2.00 bits per heavy atom. The third-order valence-electron chi connectivity index (χ3n) is 2.63. The van der Waals surface area contributed by atoms with Crippen molar-refractivity contribution >= 4 is 0 Å². The molecule has 1 aliphatic heterocycles. The van der Waals surface area contributed by atoms with Crippen LogP contribution in [0.15, 0.2) is 0 Å². The van der Waals surface area contributed by atoms with E-state index in [1.54, 1.807) is 6.92 Å². The number of aliphatic hydroxyl groups excluding tert-OH is 3. The van der Waals surface area contributed by atoms with Crippen LogP contribution in [-0.2, 0) is 4.74 Å². The topological polar surface area (TPSA) is 69.9 Å². The molecule has 0 aliphatic carbocycles. The summed E-state index contributed by atoms with van der Waals surface area (Å²) in [5.74, 6) is 0. The van der Waals surface area contributed by atoms with Gasteiger partial charge in [-0.2, -0.15) is 0 Å². The number of hydrogen-bond donors (Lipinski definition) is 3.